The Kier molecular flexibility index (Phi) is 10.9. The lowest BCUT2D eigenvalue weighted by Crippen LogP contribution is -2.33. The summed E-state index contributed by atoms with van der Waals surface area (Å²) in [6.45, 7) is 9.69. The number of esters is 2. The number of nitro benzene ring substituents is 1. The molecule has 1 aromatic heterocycles. The van der Waals surface area contributed by atoms with Gasteiger partial charge in [-0.1, -0.05) is 19.1 Å². The van der Waals surface area contributed by atoms with Crippen LogP contribution >= 0.6 is 0 Å². The number of nitrogens with one attached hydrogen (secondary N) is 2. The molecule has 1 aliphatic rings. The number of allylic oxidation sites excluding steroid dienone is 2. The fourth-order valence-electron chi connectivity index (χ4n) is 4.54. The van der Waals surface area contributed by atoms with Crippen molar-refractivity contribution in [2.24, 2.45) is 0 Å². The predicted octanol–water partition coefficient (Wildman–Crippen LogP) is 5.25. The Morgan fingerprint density at radius 2 is 1.70 bits per heavy atom. The molecule has 2 heterocycles. The summed E-state index contributed by atoms with van der Waals surface area (Å²) in [5.74, 6) is -1.48. The molecule has 0 amide bonds. The Morgan fingerprint density at radius 3 is 2.33 bits per heavy atom. The smallest absolute Gasteiger partial charge is 0.337 e. The number of hydrogen-bond acceptors (Lipinski definition) is 9. The molecule has 40 heavy (non-hydrogen) atoms. The molecule has 2 aromatic rings. The maximum absolute atomic E-state index is 13.4. The first kappa shape index (κ1) is 30.4. The van der Waals surface area contributed by atoms with E-state index in [1.165, 1.54) is 18.2 Å². The van der Waals surface area contributed by atoms with Crippen LogP contribution in [-0.2, 0) is 25.5 Å². The Balaban J connectivity index is 1.65. The average Bonchev–Trinajstić information content (AvgIpc) is 3.37. The van der Waals surface area contributed by atoms with Crippen LogP contribution in [-0.4, -0.2) is 46.4 Å². The zero-order valence-corrected chi connectivity index (χ0v) is 23.7. The molecule has 1 atom stereocenters. The summed E-state index contributed by atoms with van der Waals surface area (Å²) in [6.07, 6.45) is 3.72. The van der Waals surface area contributed by atoms with Gasteiger partial charge in [0.25, 0.3) is 5.69 Å². The van der Waals surface area contributed by atoms with E-state index in [4.69, 9.17) is 14.2 Å². The summed E-state index contributed by atoms with van der Waals surface area (Å²) in [5.41, 5.74) is 2.78. The third kappa shape index (κ3) is 7.93. The highest BCUT2D eigenvalue weighted by Gasteiger charge is 2.38. The molecule has 1 unspecified atom stereocenters. The quantitative estimate of drug-likeness (QED) is 0.138. The molecule has 0 saturated carbocycles. The number of aryl methyl sites for hydroxylation is 1. The van der Waals surface area contributed by atoms with Crippen LogP contribution in [0, 0.1) is 10.1 Å². The maximum Gasteiger partial charge on any atom is 0.337 e. The lowest BCUT2D eigenvalue weighted by Gasteiger charge is -2.30. The van der Waals surface area contributed by atoms with Crippen molar-refractivity contribution in [3.8, 4) is 5.88 Å². The van der Waals surface area contributed by atoms with Crippen molar-refractivity contribution >= 4 is 17.6 Å². The molecule has 1 aromatic carbocycles. The Hall–Kier alpha value is -4.15. The van der Waals surface area contributed by atoms with Crippen molar-refractivity contribution in [1.82, 2.24) is 15.5 Å². The molecule has 0 aliphatic carbocycles. The van der Waals surface area contributed by atoms with Gasteiger partial charge in [0.05, 0.1) is 41.3 Å². The molecule has 11 heteroatoms. The van der Waals surface area contributed by atoms with Gasteiger partial charge in [0, 0.05) is 35.3 Å². The highest BCUT2D eigenvalue weighted by atomic mass is 16.6. The molecule has 1 aliphatic heterocycles. The standard InChI is InChI=1S/C29H38N4O7/c1-6-22-17-24(32-31-22)38-14-9-7-8-10-15-39-28(34)25-19(4)30-20(5)26(29(35)40-18(2)3)27(25)21-12-11-13-23(16-21)33(36)37/h11-13,16-18,27,30H,6-10,14-15H2,1-5H3,(H,31,32). The van der Waals surface area contributed by atoms with E-state index in [1.807, 2.05) is 13.0 Å². The Bertz CT molecular complexity index is 1280. The van der Waals surface area contributed by atoms with Crippen LogP contribution < -0.4 is 10.1 Å². The van der Waals surface area contributed by atoms with Gasteiger partial charge < -0.3 is 19.5 Å². The minimum Gasteiger partial charge on any atom is -0.477 e. The highest BCUT2D eigenvalue weighted by molar-refractivity contribution is 6.00. The molecule has 2 N–H and O–H groups in total. The first-order chi connectivity index (χ1) is 19.1. The number of benzene rings is 1. The number of hydrogen-bond donors (Lipinski definition) is 2. The van der Waals surface area contributed by atoms with E-state index in [0.717, 1.165) is 31.4 Å². The minimum atomic E-state index is -0.882. The molecular formula is C29H38N4O7. The lowest BCUT2D eigenvalue weighted by molar-refractivity contribution is -0.384. The van der Waals surface area contributed by atoms with Crippen molar-refractivity contribution in [2.75, 3.05) is 13.2 Å². The van der Waals surface area contributed by atoms with Crippen molar-refractivity contribution in [1.29, 1.82) is 0 Å². The topological polar surface area (TPSA) is 146 Å². The van der Waals surface area contributed by atoms with Crippen molar-refractivity contribution in [2.45, 2.75) is 78.7 Å². The second-order valence-electron chi connectivity index (χ2n) is 9.93. The molecule has 3 rings (SSSR count). The fraction of sp³-hybridized carbons (Fsp3) is 0.483. The van der Waals surface area contributed by atoms with Crippen LogP contribution in [0.4, 0.5) is 5.69 Å². The number of nitro groups is 1. The second-order valence-corrected chi connectivity index (χ2v) is 9.93. The predicted molar refractivity (Wildman–Crippen MR) is 148 cm³/mol. The largest absolute Gasteiger partial charge is 0.477 e. The molecule has 0 saturated heterocycles. The first-order valence-electron chi connectivity index (χ1n) is 13.6. The van der Waals surface area contributed by atoms with E-state index in [1.54, 1.807) is 33.8 Å². The van der Waals surface area contributed by atoms with Gasteiger partial charge >= 0.3 is 11.9 Å². The van der Waals surface area contributed by atoms with Crippen LogP contribution in [0.25, 0.3) is 0 Å². The van der Waals surface area contributed by atoms with Gasteiger partial charge in [0.15, 0.2) is 0 Å². The van der Waals surface area contributed by atoms with E-state index >= 15 is 0 Å². The number of dihydropyridines is 1. The van der Waals surface area contributed by atoms with Crippen molar-refractivity contribution in [3.05, 3.63) is 74.2 Å². The van der Waals surface area contributed by atoms with Gasteiger partial charge in [0.1, 0.15) is 0 Å². The third-order valence-corrected chi connectivity index (χ3v) is 6.47. The zero-order valence-electron chi connectivity index (χ0n) is 23.7. The molecule has 0 bridgehead atoms. The summed E-state index contributed by atoms with van der Waals surface area (Å²) in [7, 11) is 0. The van der Waals surface area contributed by atoms with Gasteiger partial charge in [-0.15, -0.1) is 5.10 Å². The molecule has 11 nitrogen and oxygen atoms in total. The normalized spacial score (nSPS) is 15.2. The average molecular weight is 555 g/mol. The van der Waals surface area contributed by atoms with Gasteiger partial charge in [-0.3, -0.25) is 15.2 Å². The number of carbonyl (C=O) groups is 2. The summed E-state index contributed by atoms with van der Waals surface area (Å²) >= 11 is 0. The number of aromatic nitrogens is 2. The van der Waals surface area contributed by atoms with Crippen LogP contribution in [0.2, 0.25) is 0 Å². The van der Waals surface area contributed by atoms with Crippen LogP contribution in [0.5, 0.6) is 5.88 Å². The maximum atomic E-state index is 13.4. The van der Waals surface area contributed by atoms with E-state index in [0.29, 0.717) is 35.9 Å². The van der Waals surface area contributed by atoms with Gasteiger partial charge in [-0.25, -0.2) is 9.59 Å². The summed E-state index contributed by atoms with van der Waals surface area (Å²) in [6, 6.07) is 7.83. The molecule has 0 spiro atoms. The van der Waals surface area contributed by atoms with E-state index in [9.17, 15) is 19.7 Å². The van der Waals surface area contributed by atoms with E-state index in [-0.39, 0.29) is 29.5 Å². The van der Waals surface area contributed by atoms with Crippen LogP contribution in [0.3, 0.4) is 0 Å². The molecule has 216 valence electrons. The fourth-order valence-corrected chi connectivity index (χ4v) is 4.54. The number of aromatic amines is 1. The summed E-state index contributed by atoms with van der Waals surface area (Å²) in [5, 5.41) is 21.6. The van der Waals surface area contributed by atoms with E-state index < -0.39 is 22.8 Å². The molecule has 0 fully saturated rings. The Labute approximate surface area is 234 Å². The summed E-state index contributed by atoms with van der Waals surface area (Å²) < 4.78 is 16.7. The van der Waals surface area contributed by atoms with Crippen molar-refractivity contribution in [3.63, 3.8) is 0 Å². The summed E-state index contributed by atoms with van der Waals surface area (Å²) in [4.78, 5) is 37.5. The number of non-ortho nitro benzene ring substituents is 1. The van der Waals surface area contributed by atoms with E-state index in [2.05, 4.69) is 15.5 Å². The number of H-pyrrole nitrogens is 1. The van der Waals surface area contributed by atoms with Gasteiger partial charge in [-0.2, -0.15) is 0 Å². The Morgan fingerprint density at radius 1 is 1.02 bits per heavy atom. The number of unbranched alkanes of at least 4 members (excludes halogenated alkanes) is 3. The number of ether oxygens (including phenoxy) is 3. The minimum absolute atomic E-state index is 0.141. The third-order valence-electron chi connectivity index (χ3n) is 6.47. The first-order valence-corrected chi connectivity index (χ1v) is 13.6. The SMILES string of the molecule is CCc1cc(OCCCCCCOC(=O)C2=C(C)NC(C)=C(C(=O)OC(C)C)C2c2cccc([N+](=O)[O-])c2)n[nH]1. The monoisotopic (exact) mass is 554 g/mol. The number of carbonyl (C=O) groups excluding carboxylic acids is 2. The number of nitrogens with zero attached hydrogens (tertiary/aromatic N) is 2. The molecular weight excluding hydrogens is 516 g/mol. The second kappa shape index (κ2) is 14.3. The zero-order chi connectivity index (χ0) is 29.2. The highest BCUT2D eigenvalue weighted by Crippen LogP contribution is 2.40. The molecule has 0 radical (unpaired) electrons. The van der Waals surface area contributed by atoms with Gasteiger partial charge in [-0.05, 0) is 65.4 Å². The van der Waals surface area contributed by atoms with Crippen LogP contribution in [0.1, 0.15) is 77.5 Å². The van der Waals surface area contributed by atoms with Gasteiger partial charge in [0.2, 0.25) is 5.88 Å². The van der Waals surface area contributed by atoms with Crippen LogP contribution in [0.15, 0.2) is 52.9 Å². The number of rotatable bonds is 14. The lowest BCUT2D eigenvalue weighted by atomic mass is 9.80. The van der Waals surface area contributed by atoms with Crippen molar-refractivity contribution < 1.29 is 28.7 Å².